The summed E-state index contributed by atoms with van der Waals surface area (Å²) < 4.78 is 3.47. The van der Waals surface area contributed by atoms with Crippen molar-refractivity contribution in [2.24, 2.45) is 0 Å². The summed E-state index contributed by atoms with van der Waals surface area (Å²) in [5.41, 5.74) is 2.24. The Labute approximate surface area is 194 Å². The molecule has 5 rings (SSSR count). The second kappa shape index (κ2) is 8.88. The first-order valence-electron chi connectivity index (χ1n) is 10.5. The van der Waals surface area contributed by atoms with E-state index < -0.39 is 0 Å². The van der Waals surface area contributed by atoms with Crippen LogP contribution in [0.5, 0.6) is 0 Å². The van der Waals surface area contributed by atoms with E-state index in [-0.39, 0.29) is 17.9 Å². The number of carbonyl (C=O) groups excluding carboxylic acids is 1. The van der Waals surface area contributed by atoms with E-state index in [4.69, 9.17) is 11.6 Å². The molecule has 0 radical (unpaired) electrons. The lowest BCUT2D eigenvalue weighted by Crippen LogP contribution is -2.24. The van der Waals surface area contributed by atoms with Crippen LogP contribution in [0, 0.1) is 0 Å². The van der Waals surface area contributed by atoms with Gasteiger partial charge < -0.3 is 5.32 Å². The Bertz CT molecular complexity index is 1510. The first kappa shape index (κ1) is 20.9. The molecule has 0 aliphatic heterocycles. The number of halogens is 1. The van der Waals surface area contributed by atoms with E-state index >= 15 is 0 Å². The van der Waals surface area contributed by atoms with E-state index in [0.29, 0.717) is 40.5 Å². The number of anilines is 1. The number of hydrogen-bond donors (Lipinski definition) is 1. The number of hydrogen-bond acceptors (Lipinski definition) is 4. The van der Waals surface area contributed by atoms with E-state index in [1.165, 1.54) is 0 Å². The maximum absolute atomic E-state index is 13.3. The molecular weight excluding hydrogens is 438 g/mol. The van der Waals surface area contributed by atoms with Crippen molar-refractivity contribution in [3.05, 3.63) is 106 Å². The highest BCUT2D eigenvalue weighted by Gasteiger charge is 2.17. The molecule has 33 heavy (non-hydrogen) atoms. The minimum Gasteiger partial charge on any atom is -0.326 e. The number of amides is 1. The third-order valence-electron chi connectivity index (χ3n) is 5.46. The number of nitrogens with one attached hydrogen (secondary N) is 1. The monoisotopic (exact) mass is 457 g/mol. The smallest absolute Gasteiger partial charge is 0.263 e. The molecule has 7 nitrogen and oxygen atoms in total. The van der Waals surface area contributed by atoms with Gasteiger partial charge in [0.25, 0.3) is 5.56 Å². The predicted octanol–water partition coefficient (Wildman–Crippen LogP) is 4.32. The molecule has 164 valence electrons. The molecule has 0 atom stereocenters. The highest BCUT2D eigenvalue weighted by Crippen LogP contribution is 2.18. The number of fused-ring (bicyclic) bond motifs is 3. The van der Waals surface area contributed by atoms with Crippen LogP contribution in [0.25, 0.3) is 16.7 Å². The van der Waals surface area contributed by atoms with Crippen molar-refractivity contribution < 1.29 is 4.79 Å². The Morgan fingerprint density at radius 2 is 1.64 bits per heavy atom. The van der Waals surface area contributed by atoms with Crippen LogP contribution in [0.1, 0.15) is 17.8 Å². The van der Waals surface area contributed by atoms with Crippen LogP contribution in [-0.4, -0.2) is 25.1 Å². The summed E-state index contributed by atoms with van der Waals surface area (Å²) in [7, 11) is 0. The third-order valence-corrected chi connectivity index (χ3v) is 5.71. The summed E-state index contributed by atoms with van der Waals surface area (Å²) in [5.74, 6) is 0.943. The Morgan fingerprint density at radius 3 is 2.42 bits per heavy atom. The summed E-state index contributed by atoms with van der Waals surface area (Å²) in [6.07, 6.45) is 0.614. The van der Waals surface area contributed by atoms with Crippen molar-refractivity contribution in [3.63, 3.8) is 0 Å². The van der Waals surface area contributed by atoms with Crippen LogP contribution in [0.2, 0.25) is 5.02 Å². The van der Waals surface area contributed by atoms with Crippen molar-refractivity contribution in [2.45, 2.75) is 19.4 Å². The molecule has 0 aliphatic rings. The summed E-state index contributed by atoms with van der Waals surface area (Å²) in [4.78, 5) is 25.7. The fraction of sp³-hybridized carbons (Fsp3) is 0.120. The van der Waals surface area contributed by atoms with Crippen LogP contribution in [0.3, 0.4) is 0 Å². The summed E-state index contributed by atoms with van der Waals surface area (Å²) >= 11 is 6.01. The number of rotatable bonds is 6. The second-order valence-electron chi connectivity index (χ2n) is 7.70. The third kappa shape index (κ3) is 4.23. The predicted molar refractivity (Wildman–Crippen MR) is 129 cm³/mol. The minimum absolute atomic E-state index is 0.114. The number of aromatic nitrogens is 4. The largest absolute Gasteiger partial charge is 0.326 e. The topological polar surface area (TPSA) is 81.3 Å². The highest BCUT2D eigenvalue weighted by molar-refractivity contribution is 6.30. The zero-order chi connectivity index (χ0) is 22.8. The molecule has 1 N–H and O–H groups in total. The van der Waals surface area contributed by atoms with Crippen molar-refractivity contribution in [1.29, 1.82) is 0 Å². The molecule has 3 aromatic carbocycles. The highest BCUT2D eigenvalue weighted by atomic mass is 35.5. The van der Waals surface area contributed by atoms with Gasteiger partial charge >= 0.3 is 0 Å². The first-order valence-corrected chi connectivity index (χ1v) is 10.9. The normalized spacial score (nSPS) is 11.2. The molecule has 1 amide bonds. The average molecular weight is 458 g/mol. The van der Waals surface area contributed by atoms with Gasteiger partial charge in [-0.05, 0) is 42.0 Å². The fourth-order valence-corrected chi connectivity index (χ4v) is 3.99. The van der Waals surface area contributed by atoms with Gasteiger partial charge in [-0.15, -0.1) is 10.2 Å². The Morgan fingerprint density at radius 1 is 0.909 bits per heavy atom. The zero-order valence-electron chi connectivity index (χ0n) is 17.6. The van der Waals surface area contributed by atoms with Crippen molar-refractivity contribution in [2.75, 3.05) is 5.32 Å². The standard InChI is InChI=1S/C25H20ClN5O2/c26-18-12-10-17(11-13-18)16-30-24(33)20-8-4-5-9-21(20)31-22(28-29-25(30)31)14-15-23(32)27-19-6-2-1-3-7-19/h1-13H,14-16H2,(H,27,32). The molecule has 0 saturated heterocycles. The zero-order valence-corrected chi connectivity index (χ0v) is 18.4. The molecular formula is C25H20ClN5O2. The average Bonchev–Trinajstić information content (AvgIpc) is 3.26. The Balaban J connectivity index is 1.51. The number of nitrogens with zero attached hydrogens (tertiary/aromatic N) is 4. The number of aryl methyl sites for hydroxylation is 1. The van der Waals surface area contributed by atoms with Gasteiger partial charge in [0, 0.05) is 23.6 Å². The van der Waals surface area contributed by atoms with Crippen LogP contribution in [0.15, 0.2) is 83.7 Å². The second-order valence-corrected chi connectivity index (χ2v) is 8.14. The van der Waals surface area contributed by atoms with Crippen LogP contribution < -0.4 is 10.9 Å². The van der Waals surface area contributed by atoms with Gasteiger partial charge in [-0.3, -0.25) is 18.6 Å². The lowest BCUT2D eigenvalue weighted by molar-refractivity contribution is -0.116. The number of benzene rings is 3. The van der Waals surface area contributed by atoms with Gasteiger partial charge in [-0.1, -0.05) is 54.1 Å². The maximum atomic E-state index is 13.3. The quantitative estimate of drug-likeness (QED) is 0.412. The van der Waals surface area contributed by atoms with Gasteiger partial charge in [0.1, 0.15) is 5.82 Å². The molecule has 0 saturated carbocycles. The molecule has 0 spiro atoms. The van der Waals surface area contributed by atoms with Crippen LogP contribution in [-0.2, 0) is 17.8 Å². The Hall–Kier alpha value is -3.97. The lowest BCUT2D eigenvalue weighted by Gasteiger charge is -2.12. The van der Waals surface area contributed by atoms with E-state index in [2.05, 4.69) is 15.5 Å². The summed E-state index contributed by atoms with van der Waals surface area (Å²) in [6.45, 7) is 0.330. The molecule has 0 fully saturated rings. The molecule has 2 heterocycles. The van der Waals surface area contributed by atoms with E-state index in [9.17, 15) is 9.59 Å². The summed E-state index contributed by atoms with van der Waals surface area (Å²) in [5, 5.41) is 12.7. The molecule has 2 aromatic heterocycles. The molecule has 8 heteroatoms. The summed E-state index contributed by atoms with van der Waals surface area (Å²) in [6, 6.07) is 24.0. The van der Waals surface area contributed by atoms with Gasteiger partial charge in [0.05, 0.1) is 17.4 Å². The SMILES string of the molecule is O=C(CCc1nnc2n(Cc3ccc(Cl)cc3)c(=O)c3ccccc3n12)Nc1ccccc1. The molecule has 0 aliphatic carbocycles. The van der Waals surface area contributed by atoms with Gasteiger partial charge in [-0.25, -0.2) is 0 Å². The van der Waals surface area contributed by atoms with Crippen LogP contribution in [0.4, 0.5) is 5.69 Å². The van der Waals surface area contributed by atoms with Gasteiger partial charge in [0.2, 0.25) is 11.7 Å². The van der Waals surface area contributed by atoms with E-state index in [1.807, 2.05) is 65.1 Å². The van der Waals surface area contributed by atoms with Gasteiger partial charge in [-0.2, -0.15) is 0 Å². The lowest BCUT2D eigenvalue weighted by atomic mass is 10.2. The van der Waals surface area contributed by atoms with Crippen molar-refractivity contribution in [3.8, 4) is 0 Å². The number of para-hydroxylation sites is 2. The van der Waals surface area contributed by atoms with Crippen molar-refractivity contribution in [1.82, 2.24) is 19.2 Å². The van der Waals surface area contributed by atoms with Gasteiger partial charge in [0.15, 0.2) is 0 Å². The molecule has 0 unspecified atom stereocenters. The fourth-order valence-electron chi connectivity index (χ4n) is 3.86. The van der Waals surface area contributed by atoms with E-state index in [0.717, 1.165) is 11.3 Å². The minimum atomic E-state index is -0.145. The number of carbonyl (C=O) groups is 1. The Kier molecular flexibility index (Phi) is 5.62. The van der Waals surface area contributed by atoms with Crippen molar-refractivity contribution >= 4 is 39.9 Å². The maximum Gasteiger partial charge on any atom is 0.263 e. The molecule has 5 aromatic rings. The van der Waals surface area contributed by atoms with Crippen LogP contribution >= 0.6 is 11.6 Å². The van der Waals surface area contributed by atoms with E-state index in [1.54, 1.807) is 22.8 Å². The first-order chi connectivity index (χ1) is 16.1. The molecule has 0 bridgehead atoms.